The van der Waals surface area contributed by atoms with Gasteiger partial charge in [0.05, 0.1) is 31.8 Å². The number of aryl methyl sites for hydroxylation is 1. The van der Waals surface area contributed by atoms with Gasteiger partial charge in [-0.25, -0.2) is 0 Å². The van der Waals surface area contributed by atoms with Crippen LogP contribution in [-0.4, -0.2) is 35.2 Å². The molecule has 0 spiro atoms. The summed E-state index contributed by atoms with van der Waals surface area (Å²) in [6.45, 7) is 12.0. The number of carbonyl (C=O) groups is 1. The van der Waals surface area contributed by atoms with Gasteiger partial charge in [0.15, 0.2) is 5.78 Å². The molecular weight excluding hydrogens is 542 g/mol. The van der Waals surface area contributed by atoms with E-state index in [1.54, 1.807) is 57.1 Å². The van der Waals surface area contributed by atoms with Crippen LogP contribution < -0.4 is 9.47 Å². The van der Waals surface area contributed by atoms with Gasteiger partial charge < -0.3 is 24.4 Å². The van der Waals surface area contributed by atoms with Gasteiger partial charge in [0.2, 0.25) is 0 Å². The van der Waals surface area contributed by atoms with Crippen molar-refractivity contribution >= 4 is 11.4 Å². The van der Waals surface area contributed by atoms with Gasteiger partial charge in [-0.1, -0.05) is 45.9 Å². The standard InChI is InChI=1S/C36H45NO6/c1-8-10-13-27-20-29(38)33(36(40)32(27)34-30(41-6)15-11-16-31(34)42-7)35(39)23(3)17-18-26(9-2)25(5)43-22-24(4)28-14-12-19-37-21-28/h11-12,14-16,19-23,26,38,40H,5,8-10,13,17-18H2,1-4,6-7H3/b24-22+. The van der Waals surface area contributed by atoms with Crippen molar-refractivity contribution in [3.05, 3.63) is 84.1 Å². The minimum atomic E-state index is -0.472. The van der Waals surface area contributed by atoms with Crippen LogP contribution in [0.25, 0.3) is 16.7 Å². The first-order valence-corrected chi connectivity index (χ1v) is 14.9. The Labute approximate surface area is 255 Å². The van der Waals surface area contributed by atoms with Gasteiger partial charge in [0.25, 0.3) is 0 Å². The molecule has 2 unspecified atom stereocenters. The fourth-order valence-electron chi connectivity index (χ4n) is 5.24. The second-order valence-corrected chi connectivity index (χ2v) is 10.9. The van der Waals surface area contributed by atoms with E-state index in [0.29, 0.717) is 47.6 Å². The van der Waals surface area contributed by atoms with Gasteiger partial charge in [-0.3, -0.25) is 9.78 Å². The predicted octanol–water partition coefficient (Wildman–Crippen LogP) is 8.74. The molecule has 0 bridgehead atoms. The highest BCUT2D eigenvalue weighted by Gasteiger charge is 2.29. The number of rotatable bonds is 16. The lowest BCUT2D eigenvalue weighted by molar-refractivity contribution is 0.0912. The minimum Gasteiger partial charge on any atom is -0.507 e. The van der Waals surface area contributed by atoms with Crippen LogP contribution >= 0.6 is 0 Å². The molecule has 1 heterocycles. The highest BCUT2D eigenvalue weighted by atomic mass is 16.5. The molecule has 2 N–H and O–H groups in total. The number of aromatic hydroxyl groups is 2. The zero-order valence-corrected chi connectivity index (χ0v) is 26.3. The van der Waals surface area contributed by atoms with Crippen LogP contribution in [-0.2, 0) is 11.2 Å². The number of ketones is 1. The number of pyridine rings is 1. The summed E-state index contributed by atoms with van der Waals surface area (Å²) in [6, 6.07) is 10.8. The zero-order chi connectivity index (χ0) is 31.5. The molecule has 0 aliphatic rings. The minimum absolute atomic E-state index is 0.0280. The summed E-state index contributed by atoms with van der Waals surface area (Å²) in [5.41, 5.74) is 3.52. The summed E-state index contributed by atoms with van der Waals surface area (Å²) < 4.78 is 17.2. The number of allylic oxidation sites excluding steroid dienone is 2. The molecule has 0 saturated heterocycles. The molecule has 2 atom stereocenters. The zero-order valence-electron chi connectivity index (χ0n) is 26.3. The summed E-state index contributed by atoms with van der Waals surface area (Å²) >= 11 is 0. The summed E-state index contributed by atoms with van der Waals surface area (Å²) in [6.07, 6.45) is 9.53. The Balaban J connectivity index is 1.87. The summed E-state index contributed by atoms with van der Waals surface area (Å²) in [4.78, 5) is 17.9. The van der Waals surface area contributed by atoms with Gasteiger partial charge in [-0.15, -0.1) is 0 Å². The van der Waals surface area contributed by atoms with Crippen molar-refractivity contribution in [3.63, 3.8) is 0 Å². The quantitative estimate of drug-likeness (QED) is 0.128. The summed E-state index contributed by atoms with van der Waals surface area (Å²) in [5, 5.41) is 22.7. The van der Waals surface area contributed by atoms with Crippen molar-refractivity contribution in [1.29, 1.82) is 0 Å². The highest BCUT2D eigenvalue weighted by Crippen LogP contribution is 2.48. The molecule has 7 heteroatoms. The first-order chi connectivity index (χ1) is 20.7. The fourth-order valence-corrected chi connectivity index (χ4v) is 5.24. The maximum Gasteiger partial charge on any atom is 0.173 e. The number of carbonyl (C=O) groups excluding carboxylic acids is 1. The Hall–Kier alpha value is -4.26. The van der Waals surface area contributed by atoms with Crippen LogP contribution in [0.15, 0.2) is 67.4 Å². The maximum absolute atomic E-state index is 13.8. The van der Waals surface area contributed by atoms with E-state index >= 15 is 0 Å². The van der Waals surface area contributed by atoms with Crippen molar-refractivity contribution in [3.8, 4) is 34.1 Å². The molecular formula is C36H45NO6. The lowest BCUT2D eigenvalue weighted by atomic mass is 9.85. The molecule has 43 heavy (non-hydrogen) atoms. The van der Waals surface area contributed by atoms with Gasteiger partial charge in [0, 0.05) is 29.8 Å². The third-order valence-electron chi connectivity index (χ3n) is 7.93. The van der Waals surface area contributed by atoms with Crippen LogP contribution in [0.1, 0.15) is 81.3 Å². The SMILES string of the molecule is C=C(O/C=C(\C)c1cccnc1)C(CC)CCC(C)C(=O)c1c(O)cc(CCCC)c(-c2c(OC)cccc2OC)c1O. The normalized spacial score (nSPS) is 12.8. The number of benzene rings is 2. The van der Waals surface area contributed by atoms with Crippen LogP contribution in [0.4, 0.5) is 0 Å². The number of phenols is 2. The highest BCUT2D eigenvalue weighted by molar-refractivity contribution is 6.05. The van der Waals surface area contributed by atoms with Crippen LogP contribution in [0.3, 0.4) is 0 Å². The molecule has 0 amide bonds. The lowest BCUT2D eigenvalue weighted by Gasteiger charge is -2.22. The van der Waals surface area contributed by atoms with Crippen molar-refractivity contribution in [2.45, 2.75) is 66.2 Å². The number of Topliss-reactive ketones (excluding diaryl/α,β-unsaturated/α-hetero) is 1. The van der Waals surface area contributed by atoms with E-state index in [4.69, 9.17) is 14.2 Å². The molecule has 230 valence electrons. The molecule has 7 nitrogen and oxygen atoms in total. The van der Waals surface area contributed by atoms with Crippen molar-refractivity contribution in [1.82, 2.24) is 4.98 Å². The number of nitrogens with zero attached hydrogens (tertiary/aromatic N) is 1. The van der Waals surface area contributed by atoms with E-state index in [0.717, 1.165) is 36.0 Å². The van der Waals surface area contributed by atoms with Crippen LogP contribution in [0, 0.1) is 11.8 Å². The number of unbranched alkanes of at least 4 members (excludes halogenated alkanes) is 1. The number of ether oxygens (including phenoxy) is 3. The van der Waals surface area contributed by atoms with E-state index in [2.05, 4.69) is 25.4 Å². The number of phenolic OH excluding ortho intramolecular Hbond substituents is 2. The molecule has 0 fully saturated rings. The third kappa shape index (κ3) is 7.98. The van der Waals surface area contributed by atoms with Crippen molar-refractivity contribution < 1.29 is 29.2 Å². The van der Waals surface area contributed by atoms with E-state index in [-0.39, 0.29) is 28.8 Å². The molecule has 3 rings (SSSR count). The smallest absolute Gasteiger partial charge is 0.173 e. The molecule has 0 radical (unpaired) electrons. The average Bonchev–Trinajstić information content (AvgIpc) is 3.02. The maximum atomic E-state index is 13.8. The summed E-state index contributed by atoms with van der Waals surface area (Å²) in [5.74, 6) is 0.363. The molecule has 0 aliphatic heterocycles. The Bertz CT molecular complexity index is 1410. The Morgan fingerprint density at radius 2 is 1.74 bits per heavy atom. The van der Waals surface area contributed by atoms with E-state index in [1.165, 1.54) is 0 Å². The average molecular weight is 588 g/mol. The number of methoxy groups -OCH3 is 2. The Kier molecular flexibility index (Phi) is 12.2. The molecule has 2 aromatic carbocycles. The lowest BCUT2D eigenvalue weighted by Crippen LogP contribution is -2.15. The number of hydrogen-bond donors (Lipinski definition) is 2. The third-order valence-corrected chi connectivity index (χ3v) is 7.93. The van der Waals surface area contributed by atoms with Gasteiger partial charge in [0.1, 0.15) is 28.6 Å². The largest absolute Gasteiger partial charge is 0.507 e. The molecule has 1 aromatic heterocycles. The second kappa shape index (κ2) is 15.8. The van der Waals surface area contributed by atoms with Gasteiger partial charge >= 0.3 is 0 Å². The topological polar surface area (TPSA) is 98.1 Å². The van der Waals surface area contributed by atoms with E-state index < -0.39 is 5.92 Å². The van der Waals surface area contributed by atoms with Crippen molar-refractivity contribution in [2.75, 3.05) is 14.2 Å². The Morgan fingerprint density at radius 1 is 1.05 bits per heavy atom. The number of hydrogen-bond acceptors (Lipinski definition) is 7. The van der Waals surface area contributed by atoms with E-state index in [1.807, 2.05) is 26.0 Å². The second-order valence-electron chi connectivity index (χ2n) is 10.9. The number of aromatic nitrogens is 1. The first-order valence-electron chi connectivity index (χ1n) is 14.9. The van der Waals surface area contributed by atoms with Gasteiger partial charge in [-0.05, 0) is 80.0 Å². The molecule has 3 aromatic rings. The van der Waals surface area contributed by atoms with Crippen LogP contribution in [0.2, 0.25) is 0 Å². The van der Waals surface area contributed by atoms with E-state index in [9.17, 15) is 15.0 Å². The van der Waals surface area contributed by atoms with Crippen LogP contribution in [0.5, 0.6) is 23.0 Å². The summed E-state index contributed by atoms with van der Waals surface area (Å²) in [7, 11) is 3.10. The molecule has 0 aliphatic carbocycles. The monoisotopic (exact) mass is 587 g/mol. The van der Waals surface area contributed by atoms with Gasteiger partial charge in [-0.2, -0.15) is 0 Å². The first kappa shape index (κ1) is 33.2. The fraction of sp³-hybridized carbons (Fsp3) is 0.389. The predicted molar refractivity (Wildman–Crippen MR) is 172 cm³/mol. The van der Waals surface area contributed by atoms with Crippen molar-refractivity contribution in [2.24, 2.45) is 11.8 Å². The Morgan fingerprint density at radius 3 is 2.33 bits per heavy atom. The molecule has 0 saturated carbocycles.